The highest BCUT2D eigenvalue weighted by Gasteiger charge is 2.18. The molecule has 1 heterocycles. The molecule has 0 fully saturated rings. The van der Waals surface area contributed by atoms with E-state index in [-0.39, 0.29) is 6.04 Å². The van der Waals surface area contributed by atoms with Crippen LogP contribution in [0.3, 0.4) is 0 Å². The van der Waals surface area contributed by atoms with Gasteiger partial charge in [0, 0.05) is 5.56 Å². The van der Waals surface area contributed by atoms with Gasteiger partial charge in [-0.1, -0.05) is 18.2 Å². The Morgan fingerprint density at radius 3 is 2.47 bits per heavy atom. The van der Waals surface area contributed by atoms with Crippen molar-refractivity contribution in [3.8, 4) is 0 Å². The Kier molecular flexibility index (Phi) is 3.31. The highest BCUT2D eigenvalue weighted by atomic mass is 16.3. The third-order valence-corrected chi connectivity index (χ3v) is 3.33. The molecular weight excluding hydrogens is 212 g/mol. The summed E-state index contributed by atoms with van der Waals surface area (Å²) in [5.74, 6) is 6.59. The second-order valence-corrected chi connectivity index (χ2v) is 4.32. The summed E-state index contributed by atoms with van der Waals surface area (Å²) in [6.45, 7) is 6.17. The summed E-state index contributed by atoms with van der Waals surface area (Å²) in [5.41, 5.74) is 7.67. The van der Waals surface area contributed by atoms with Gasteiger partial charge in [0.05, 0.1) is 12.3 Å². The predicted molar refractivity (Wildman–Crippen MR) is 68.5 cm³/mol. The van der Waals surface area contributed by atoms with Gasteiger partial charge in [-0.2, -0.15) is 0 Å². The number of rotatable bonds is 3. The number of aryl methyl sites for hydroxylation is 2. The Morgan fingerprint density at radius 2 is 1.88 bits per heavy atom. The van der Waals surface area contributed by atoms with E-state index in [0.29, 0.717) is 0 Å². The van der Waals surface area contributed by atoms with E-state index in [9.17, 15) is 0 Å². The van der Waals surface area contributed by atoms with Gasteiger partial charge in [-0.3, -0.25) is 5.84 Å². The summed E-state index contributed by atoms with van der Waals surface area (Å²) < 4.78 is 5.34. The minimum atomic E-state index is -0.0198. The summed E-state index contributed by atoms with van der Waals surface area (Å²) in [7, 11) is 0. The molecule has 3 heteroatoms. The van der Waals surface area contributed by atoms with E-state index in [1.807, 2.05) is 13.0 Å². The first-order valence-corrected chi connectivity index (χ1v) is 5.71. The van der Waals surface area contributed by atoms with E-state index in [0.717, 1.165) is 11.3 Å². The molecule has 0 bridgehead atoms. The van der Waals surface area contributed by atoms with Crippen molar-refractivity contribution in [2.45, 2.75) is 26.8 Å². The molecule has 3 nitrogen and oxygen atoms in total. The molecule has 1 unspecified atom stereocenters. The third-order valence-electron chi connectivity index (χ3n) is 3.33. The van der Waals surface area contributed by atoms with Crippen molar-refractivity contribution in [1.82, 2.24) is 5.43 Å². The van der Waals surface area contributed by atoms with Gasteiger partial charge in [0.25, 0.3) is 0 Å². The summed E-state index contributed by atoms with van der Waals surface area (Å²) in [6.07, 6.45) is 1.69. The molecule has 2 rings (SSSR count). The van der Waals surface area contributed by atoms with Crippen LogP contribution < -0.4 is 11.3 Å². The SMILES string of the molecule is Cc1cccc(C(NN)c2ccoc2C)c1C. The monoisotopic (exact) mass is 230 g/mol. The maximum atomic E-state index is 5.69. The highest BCUT2D eigenvalue weighted by Crippen LogP contribution is 2.28. The standard InChI is InChI=1S/C14H18N2O/c1-9-5-4-6-12(10(9)2)14(16-15)13-7-8-17-11(13)3/h4-8,14,16H,15H2,1-3H3. The second-order valence-electron chi connectivity index (χ2n) is 4.32. The van der Waals surface area contributed by atoms with Crippen LogP contribution in [0.25, 0.3) is 0 Å². The Bertz CT molecular complexity index is 517. The van der Waals surface area contributed by atoms with E-state index in [4.69, 9.17) is 10.3 Å². The van der Waals surface area contributed by atoms with Crippen molar-refractivity contribution in [2.75, 3.05) is 0 Å². The number of hydrogen-bond acceptors (Lipinski definition) is 3. The van der Waals surface area contributed by atoms with Crippen LogP contribution in [0.4, 0.5) is 0 Å². The molecule has 0 saturated heterocycles. The molecule has 17 heavy (non-hydrogen) atoms. The third kappa shape index (κ3) is 2.12. The van der Waals surface area contributed by atoms with Gasteiger partial charge in [-0.25, -0.2) is 5.43 Å². The zero-order valence-electron chi connectivity index (χ0n) is 10.4. The van der Waals surface area contributed by atoms with Crippen LogP contribution >= 0.6 is 0 Å². The lowest BCUT2D eigenvalue weighted by atomic mass is 9.93. The zero-order valence-corrected chi connectivity index (χ0v) is 10.4. The Hall–Kier alpha value is -1.58. The maximum absolute atomic E-state index is 5.69. The van der Waals surface area contributed by atoms with Gasteiger partial charge in [-0.05, 0) is 43.5 Å². The van der Waals surface area contributed by atoms with Crippen LogP contribution in [0.5, 0.6) is 0 Å². The smallest absolute Gasteiger partial charge is 0.105 e. The van der Waals surface area contributed by atoms with Crippen molar-refractivity contribution in [3.05, 3.63) is 58.5 Å². The van der Waals surface area contributed by atoms with Crippen LogP contribution in [-0.2, 0) is 0 Å². The summed E-state index contributed by atoms with van der Waals surface area (Å²) in [6, 6.07) is 8.20. The average Bonchev–Trinajstić information content (AvgIpc) is 2.72. The zero-order chi connectivity index (χ0) is 12.4. The number of nitrogens with two attached hydrogens (primary N) is 1. The molecule has 0 amide bonds. The molecule has 2 aromatic rings. The molecule has 0 radical (unpaired) electrons. The first-order valence-electron chi connectivity index (χ1n) is 5.71. The van der Waals surface area contributed by atoms with Crippen LogP contribution in [0, 0.1) is 20.8 Å². The Morgan fingerprint density at radius 1 is 1.12 bits per heavy atom. The first-order chi connectivity index (χ1) is 8.15. The van der Waals surface area contributed by atoms with Gasteiger partial charge in [0.15, 0.2) is 0 Å². The minimum Gasteiger partial charge on any atom is -0.469 e. The lowest BCUT2D eigenvalue weighted by molar-refractivity contribution is 0.519. The lowest BCUT2D eigenvalue weighted by Crippen LogP contribution is -2.29. The first kappa shape index (κ1) is 11.9. The Balaban J connectivity index is 2.50. The minimum absolute atomic E-state index is 0.0198. The van der Waals surface area contributed by atoms with Gasteiger partial charge in [0.1, 0.15) is 5.76 Å². The van der Waals surface area contributed by atoms with Crippen LogP contribution in [0.2, 0.25) is 0 Å². The number of benzene rings is 1. The molecule has 1 aromatic heterocycles. The molecule has 3 N–H and O–H groups in total. The molecule has 1 atom stereocenters. The number of nitrogens with one attached hydrogen (secondary N) is 1. The molecule has 0 aliphatic rings. The lowest BCUT2D eigenvalue weighted by Gasteiger charge is -2.19. The van der Waals surface area contributed by atoms with Crippen molar-refractivity contribution in [2.24, 2.45) is 5.84 Å². The molecule has 0 aliphatic carbocycles. The van der Waals surface area contributed by atoms with E-state index >= 15 is 0 Å². The number of hydrogen-bond donors (Lipinski definition) is 2. The quantitative estimate of drug-likeness (QED) is 0.629. The predicted octanol–water partition coefficient (Wildman–Crippen LogP) is 2.76. The van der Waals surface area contributed by atoms with E-state index in [2.05, 4.69) is 37.5 Å². The van der Waals surface area contributed by atoms with Gasteiger partial charge in [-0.15, -0.1) is 0 Å². The molecule has 90 valence electrons. The summed E-state index contributed by atoms with van der Waals surface area (Å²) in [5, 5.41) is 0. The number of hydrazine groups is 1. The molecular formula is C14H18N2O. The highest BCUT2D eigenvalue weighted by molar-refractivity contribution is 5.41. The fourth-order valence-corrected chi connectivity index (χ4v) is 2.13. The topological polar surface area (TPSA) is 51.2 Å². The van der Waals surface area contributed by atoms with Crippen molar-refractivity contribution in [1.29, 1.82) is 0 Å². The molecule has 0 aliphatic heterocycles. The van der Waals surface area contributed by atoms with Gasteiger partial charge >= 0.3 is 0 Å². The maximum Gasteiger partial charge on any atom is 0.105 e. The molecule has 0 saturated carbocycles. The normalized spacial score (nSPS) is 12.7. The molecule has 0 spiro atoms. The fourth-order valence-electron chi connectivity index (χ4n) is 2.13. The molecule has 1 aromatic carbocycles. The second kappa shape index (κ2) is 4.73. The van der Waals surface area contributed by atoms with Crippen LogP contribution in [0.1, 0.15) is 34.1 Å². The van der Waals surface area contributed by atoms with Gasteiger partial charge < -0.3 is 4.42 Å². The van der Waals surface area contributed by atoms with Crippen molar-refractivity contribution >= 4 is 0 Å². The van der Waals surface area contributed by atoms with Crippen LogP contribution in [0.15, 0.2) is 34.9 Å². The average molecular weight is 230 g/mol. The van der Waals surface area contributed by atoms with Gasteiger partial charge in [0.2, 0.25) is 0 Å². The van der Waals surface area contributed by atoms with Crippen molar-refractivity contribution in [3.63, 3.8) is 0 Å². The van der Waals surface area contributed by atoms with E-state index in [1.165, 1.54) is 16.7 Å². The number of furan rings is 1. The summed E-state index contributed by atoms with van der Waals surface area (Å²) in [4.78, 5) is 0. The fraction of sp³-hybridized carbons (Fsp3) is 0.286. The van der Waals surface area contributed by atoms with Crippen molar-refractivity contribution < 1.29 is 4.42 Å². The van der Waals surface area contributed by atoms with Crippen LogP contribution in [-0.4, -0.2) is 0 Å². The van der Waals surface area contributed by atoms with E-state index < -0.39 is 0 Å². The largest absolute Gasteiger partial charge is 0.469 e. The Labute approximate surface area is 102 Å². The van der Waals surface area contributed by atoms with E-state index in [1.54, 1.807) is 6.26 Å². The summed E-state index contributed by atoms with van der Waals surface area (Å²) >= 11 is 0.